The van der Waals surface area contributed by atoms with E-state index in [0.717, 1.165) is 17.1 Å². The average molecular weight is 277 g/mol. The van der Waals surface area contributed by atoms with Crippen molar-refractivity contribution in [1.29, 1.82) is 0 Å². The minimum absolute atomic E-state index is 0.104. The fraction of sp³-hybridized carbons (Fsp3) is 0.500. The molecule has 1 N–H and O–H groups in total. The number of aliphatic hydroxyl groups is 1. The van der Waals surface area contributed by atoms with Gasteiger partial charge in [0.2, 0.25) is 0 Å². The summed E-state index contributed by atoms with van der Waals surface area (Å²) in [6.45, 7) is 0.668. The molecule has 2 unspecified atom stereocenters. The van der Waals surface area contributed by atoms with Gasteiger partial charge in [-0.25, -0.2) is 4.39 Å². The molecule has 1 aliphatic heterocycles. The molecular weight excluding hydrogens is 263 g/mol. The van der Waals surface area contributed by atoms with E-state index in [-0.39, 0.29) is 11.1 Å². The lowest BCUT2D eigenvalue weighted by Gasteiger charge is -2.26. The van der Waals surface area contributed by atoms with Crippen LogP contribution in [-0.2, 0) is 11.2 Å². The number of benzene rings is 1. The van der Waals surface area contributed by atoms with Crippen molar-refractivity contribution in [3.8, 4) is 0 Å². The average Bonchev–Trinajstić information content (AvgIpc) is 2.35. The zero-order valence-corrected chi connectivity index (χ0v) is 10.8. The lowest BCUT2D eigenvalue weighted by molar-refractivity contribution is -0.0208. The second kappa shape index (κ2) is 6.05. The van der Waals surface area contributed by atoms with Gasteiger partial charge in [0.05, 0.1) is 23.8 Å². The summed E-state index contributed by atoms with van der Waals surface area (Å²) in [4.78, 5) is 0. The Labute approximate surface area is 109 Å². The predicted octanol–water partition coefficient (Wildman–Crippen LogP) is 2.51. The third kappa shape index (κ3) is 3.58. The van der Waals surface area contributed by atoms with E-state index in [1.54, 1.807) is 17.8 Å². The SMILES string of the molecule is OC(Cc1ccc(Cl)c(F)c1)C1CSCCO1. The molecule has 0 saturated carbocycles. The van der Waals surface area contributed by atoms with Gasteiger partial charge in [-0.2, -0.15) is 11.8 Å². The Bertz CT molecular complexity index is 383. The normalized spacial score (nSPS) is 22.4. The largest absolute Gasteiger partial charge is 0.390 e. The molecule has 1 aliphatic rings. The molecule has 2 nitrogen and oxygen atoms in total. The van der Waals surface area contributed by atoms with Crippen LogP contribution >= 0.6 is 23.4 Å². The van der Waals surface area contributed by atoms with Crippen molar-refractivity contribution in [3.05, 3.63) is 34.6 Å². The van der Waals surface area contributed by atoms with E-state index in [1.807, 2.05) is 0 Å². The second-order valence-corrected chi connectivity index (χ2v) is 5.56. The highest BCUT2D eigenvalue weighted by Crippen LogP contribution is 2.20. The van der Waals surface area contributed by atoms with Gasteiger partial charge in [0, 0.05) is 17.9 Å². The number of thioether (sulfide) groups is 1. The lowest BCUT2D eigenvalue weighted by atomic mass is 10.0. The van der Waals surface area contributed by atoms with E-state index in [9.17, 15) is 9.50 Å². The van der Waals surface area contributed by atoms with Gasteiger partial charge in [-0.1, -0.05) is 17.7 Å². The first-order valence-electron chi connectivity index (χ1n) is 5.48. The van der Waals surface area contributed by atoms with Crippen molar-refractivity contribution in [2.75, 3.05) is 18.1 Å². The number of ether oxygens (including phenoxy) is 1. The van der Waals surface area contributed by atoms with Crippen molar-refractivity contribution in [2.24, 2.45) is 0 Å². The first-order chi connectivity index (χ1) is 8.16. The van der Waals surface area contributed by atoms with Crippen LogP contribution in [0.25, 0.3) is 0 Å². The first kappa shape index (κ1) is 13.1. The van der Waals surface area contributed by atoms with E-state index in [4.69, 9.17) is 16.3 Å². The molecule has 2 rings (SSSR count). The molecule has 1 fully saturated rings. The smallest absolute Gasteiger partial charge is 0.142 e. The van der Waals surface area contributed by atoms with Gasteiger partial charge < -0.3 is 9.84 Å². The summed E-state index contributed by atoms with van der Waals surface area (Å²) in [5.74, 6) is 1.31. The highest BCUT2D eigenvalue weighted by Gasteiger charge is 2.23. The third-order valence-electron chi connectivity index (χ3n) is 2.70. The van der Waals surface area contributed by atoms with E-state index in [0.29, 0.717) is 13.0 Å². The molecule has 0 spiro atoms. The molecule has 0 amide bonds. The molecule has 1 heterocycles. The summed E-state index contributed by atoms with van der Waals surface area (Å²) in [5.41, 5.74) is 0.735. The first-order valence-corrected chi connectivity index (χ1v) is 7.01. The zero-order chi connectivity index (χ0) is 12.3. The van der Waals surface area contributed by atoms with Crippen LogP contribution in [-0.4, -0.2) is 35.4 Å². The van der Waals surface area contributed by atoms with Crippen LogP contribution in [0.1, 0.15) is 5.56 Å². The monoisotopic (exact) mass is 276 g/mol. The molecule has 1 aromatic rings. The van der Waals surface area contributed by atoms with Gasteiger partial charge >= 0.3 is 0 Å². The maximum atomic E-state index is 13.2. The van der Waals surface area contributed by atoms with Gasteiger partial charge in [-0.05, 0) is 17.7 Å². The molecule has 0 aliphatic carbocycles. The minimum Gasteiger partial charge on any atom is -0.390 e. The van der Waals surface area contributed by atoms with Gasteiger partial charge in [-0.15, -0.1) is 0 Å². The van der Waals surface area contributed by atoms with Gasteiger partial charge in [-0.3, -0.25) is 0 Å². The fourth-order valence-electron chi connectivity index (χ4n) is 1.77. The maximum Gasteiger partial charge on any atom is 0.142 e. The van der Waals surface area contributed by atoms with Crippen molar-refractivity contribution in [3.63, 3.8) is 0 Å². The van der Waals surface area contributed by atoms with Crippen molar-refractivity contribution in [1.82, 2.24) is 0 Å². The Morgan fingerprint density at radius 2 is 2.41 bits per heavy atom. The number of halogens is 2. The van der Waals surface area contributed by atoms with Gasteiger partial charge in [0.25, 0.3) is 0 Å². The van der Waals surface area contributed by atoms with Crippen LogP contribution in [0.15, 0.2) is 18.2 Å². The summed E-state index contributed by atoms with van der Waals surface area (Å²) in [6, 6.07) is 4.60. The number of rotatable bonds is 3. The molecule has 0 bridgehead atoms. The summed E-state index contributed by atoms with van der Waals surface area (Å²) >= 11 is 7.37. The van der Waals surface area contributed by atoms with E-state index in [2.05, 4.69) is 0 Å². The predicted molar refractivity (Wildman–Crippen MR) is 68.2 cm³/mol. The van der Waals surface area contributed by atoms with Crippen molar-refractivity contribution in [2.45, 2.75) is 18.6 Å². The number of aliphatic hydroxyl groups excluding tert-OH is 1. The maximum absolute atomic E-state index is 13.2. The van der Waals surface area contributed by atoms with Crippen molar-refractivity contribution < 1.29 is 14.2 Å². The summed E-state index contributed by atoms with van der Waals surface area (Å²) in [6.07, 6.45) is -0.366. The van der Waals surface area contributed by atoms with Crippen LogP contribution in [0.4, 0.5) is 4.39 Å². The molecule has 5 heteroatoms. The summed E-state index contributed by atoms with van der Waals surface area (Å²) in [7, 11) is 0. The highest BCUT2D eigenvalue weighted by molar-refractivity contribution is 7.99. The summed E-state index contributed by atoms with van der Waals surface area (Å²) in [5, 5.41) is 10.1. The Kier molecular flexibility index (Phi) is 4.68. The van der Waals surface area contributed by atoms with Crippen LogP contribution in [0.2, 0.25) is 5.02 Å². The van der Waals surface area contributed by atoms with Crippen molar-refractivity contribution >= 4 is 23.4 Å². The highest BCUT2D eigenvalue weighted by atomic mass is 35.5. The minimum atomic E-state index is -0.594. The van der Waals surface area contributed by atoms with E-state index >= 15 is 0 Å². The molecule has 1 aromatic carbocycles. The van der Waals surface area contributed by atoms with Crippen LogP contribution < -0.4 is 0 Å². The van der Waals surface area contributed by atoms with Gasteiger partial charge in [0.15, 0.2) is 0 Å². The zero-order valence-electron chi connectivity index (χ0n) is 9.23. The standard InChI is InChI=1S/C12H14ClFO2S/c13-9-2-1-8(5-10(9)14)6-11(15)12-7-17-4-3-16-12/h1-2,5,11-12,15H,3-4,6-7H2. The van der Waals surface area contributed by atoms with E-state index in [1.165, 1.54) is 12.1 Å². The fourth-order valence-corrected chi connectivity index (χ4v) is 2.82. The molecule has 2 atom stereocenters. The summed E-state index contributed by atoms with van der Waals surface area (Å²) < 4.78 is 18.7. The Hall–Kier alpha value is -0.290. The Morgan fingerprint density at radius 3 is 3.06 bits per heavy atom. The lowest BCUT2D eigenvalue weighted by Crippen LogP contribution is -2.36. The molecule has 1 saturated heterocycles. The molecular formula is C12H14ClFO2S. The third-order valence-corrected chi connectivity index (χ3v) is 4.03. The molecule has 0 aromatic heterocycles. The van der Waals surface area contributed by atoms with Gasteiger partial charge in [0.1, 0.15) is 5.82 Å². The van der Waals surface area contributed by atoms with Crippen LogP contribution in [0.5, 0.6) is 0 Å². The van der Waals surface area contributed by atoms with Crippen LogP contribution in [0, 0.1) is 5.82 Å². The second-order valence-electron chi connectivity index (χ2n) is 4.00. The molecule has 0 radical (unpaired) electrons. The Balaban J connectivity index is 1.96. The number of hydrogen-bond donors (Lipinski definition) is 1. The topological polar surface area (TPSA) is 29.5 Å². The van der Waals surface area contributed by atoms with E-state index < -0.39 is 11.9 Å². The molecule has 17 heavy (non-hydrogen) atoms. The number of hydrogen-bond acceptors (Lipinski definition) is 3. The van der Waals surface area contributed by atoms with Crippen LogP contribution in [0.3, 0.4) is 0 Å². The quantitative estimate of drug-likeness (QED) is 0.920. The Morgan fingerprint density at radius 1 is 1.59 bits per heavy atom. The molecule has 94 valence electrons.